The third kappa shape index (κ3) is 3.83. The van der Waals surface area contributed by atoms with E-state index in [0.29, 0.717) is 5.56 Å². The van der Waals surface area contributed by atoms with Crippen molar-refractivity contribution in [1.29, 1.82) is 0 Å². The molecular weight excluding hydrogens is 223 g/mol. The van der Waals surface area contributed by atoms with Gasteiger partial charge >= 0.3 is 5.97 Å². The van der Waals surface area contributed by atoms with Gasteiger partial charge in [0.1, 0.15) is 11.4 Å². The average molecular weight is 236 g/mol. The number of hydrogen-bond acceptors (Lipinski definition) is 3. The molecule has 0 unspecified atom stereocenters. The zero-order valence-electron chi connectivity index (χ0n) is 9.70. The van der Waals surface area contributed by atoms with Gasteiger partial charge in [-0.3, -0.25) is 4.79 Å². The van der Waals surface area contributed by atoms with Crippen LogP contribution in [0.3, 0.4) is 0 Å². The van der Waals surface area contributed by atoms with Gasteiger partial charge in [-0.1, -0.05) is 12.1 Å². The summed E-state index contributed by atoms with van der Waals surface area (Å²) in [7, 11) is 0. The highest BCUT2D eigenvalue weighted by molar-refractivity contribution is 6.19. The van der Waals surface area contributed by atoms with Gasteiger partial charge < -0.3 is 4.74 Å². The molecule has 0 atom stereocenters. The summed E-state index contributed by atoms with van der Waals surface area (Å²) in [5.74, 6) is -1.53. The maximum atomic E-state index is 12.9. The third-order valence-electron chi connectivity index (χ3n) is 2.03. The van der Waals surface area contributed by atoms with Gasteiger partial charge in [0.15, 0.2) is 5.78 Å². The second-order valence-electron chi connectivity index (χ2n) is 3.39. The Morgan fingerprint density at radius 1 is 1.41 bits per heavy atom. The second kappa shape index (κ2) is 5.94. The molecule has 0 saturated heterocycles. The molecular formula is C13H13FO3. The SMILES string of the molecule is CCOC(=O)/C(=C/c1cccc(F)c1)C(C)=O. The number of halogens is 1. The Kier molecular flexibility index (Phi) is 4.57. The molecule has 0 radical (unpaired) electrons. The molecule has 0 aliphatic rings. The fourth-order valence-corrected chi connectivity index (χ4v) is 1.28. The number of esters is 1. The number of Topliss-reactive ketones (excluding diaryl/α,β-unsaturated/α-hetero) is 1. The lowest BCUT2D eigenvalue weighted by molar-refractivity contribution is -0.139. The van der Waals surface area contributed by atoms with Crippen molar-refractivity contribution in [3.05, 3.63) is 41.2 Å². The number of ketones is 1. The molecule has 90 valence electrons. The van der Waals surface area contributed by atoms with Gasteiger partial charge in [-0.25, -0.2) is 9.18 Å². The predicted octanol–water partition coefficient (Wildman–Crippen LogP) is 2.36. The molecule has 17 heavy (non-hydrogen) atoms. The summed E-state index contributed by atoms with van der Waals surface area (Å²) in [6.45, 7) is 3.10. The van der Waals surface area contributed by atoms with Gasteiger partial charge in [-0.2, -0.15) is 0 Å². The standard InChI is InChI=1S/C13H13FO3/c1-3-17-13(16)12(9(2)15)8-10-5-4-6-11(14)7-10/h4-8H,3H2,1-2H3/b12-8+. The second-order valence-corrected chi connectivity index (χ2v) is 3.39. The van der Waals surface area contributed by atoms with E-state index in [2.05, 4.69) is 0 Å². The summed E-state index contributed by atoms with van der Waals surface area (Å²) in [4.78, 5) is 22.8. The highest BCUT2D eigenvalue weighted by Crippen LogP contribution is 2.11. The summed E-state index contributed by atoms with van der Waals surface area (Å²) in [5.41, 5.74) is 0.362. The van der Waals surface area contributed by atoms with Crippen molar-refractivity contribution < 1.29 is 18.7 Å². The third-order valence-corrected chi connectivity index (χ3v) is 2.03. The Morgan fingerprint density at radius 2 is 2.12 bits per heavy atom. The van der Waals surface area contributed by atoms with E-state index in [9.17, 15) is 14.0 Å². The maximum absolute atomic E-state index is 12.9. The monoisotopic (exact) mass is 236 g/mol. The van der Waals surface area contributed by atoms with E-state index in [4.69, 9.17) is 4.74 Å². The Hall–Kier alpha value is -1.97. The summed E-state index contributed by atoms with van der Waals surface area (Å²) >= 11 is 0. The Labute approximate surface area is 98.9 Å². The lowest BCUT2D eigenvalue weighted by Gasteiger charge is -2.03. The minimum absolute atomic E-state index is 0.0857. The summed E-state index contributed by atoms with van der Waals surface area (Å²) in [6.07, 6.45) is 1.32. The zero-order valence-corrected chi connectivity index (χ0v) is 9.70. The quantitative estimate of drug-likeness (QED) is 0.349. The number of benzene rings is 1. The maximum Gasteiger partial charge on any atom is 0.341 e. The molecule has 1 aromatic carbocycles. The molecule has 0 aliphatic heterocycles. The van der Waals surface area contributed by atoms with Crippen molar-refractivity contribution in [3.8, 4) is 0 Å². The minimum Gasteiger partial charge on any atom is -0.462 e. The van der Waals surface area contributed by atoms with E-state index in [1.807, 2.05) is 0 Å². The Bertz CT molecular complexity index is 463. The van der Waals surface area contributed by atoms with Crippen LogP contribution in [0, 0.1) is 5.82 Å². The first kappa shape index (κ1) is 13.1. The lowest BCUT2D eigenvalue weighted by atomic mass is 10.1. The van der Waals surface area contributed by atoms with Gasteiger partial charge in [0.05, 0.1) is 6.61 Å². The van der Waals surface area contributed by atoms with E-state index in [0.717, 1.165) is 0 Å². The summed E-state index contributed by atoms with van der Waals surface area (Å²) < 4.78 is 17.7. The fourth-order valence-electron chi connectivity index (χ4n) is 1.28. The van der Waals surface area contributed by atoms with Gasteiger partial charge in [0.25, 0.3) is 0 Å². The minimum atomic E-state index is -0.690. The highest BCUT2D eigenvalue weighted by atomic mass is 19.1. The van der Waals surface area contributed by atoms with Crippen molar-refractivity contribution in [2.45, 2.75) is 13.8 Å². The molecule has 0 saturated carbocycles. The van der Waals surface area contributed by atoms with Crippen molar-refractivity contribution in [2.75, 3.05) is 6.61 Å². The molecule has 0 bridgehead atoms. The fraction of sp³-hybridized carbons (Fsp3) is 0.231. The predicted molar refractivity (Wildman–Crippen MR) is 61.7 cm³/mol. The average Bonchev–Trinajstić information content (AvgIpc) is 2.26. The van der Waals surface area contributed by atoms with Gasteiger partial charge in [-0.15, -0.1) is 0 Å². The molecule has 0 heterocycles. The first-order valence-electron chi connectivity index (χ1n) is 5.20. The molecule has 4 heteroatoms. The smallest absolute Gasteiger partial charge is 0.341 e. The largest absolute Gasteiger partial charge is 0.462 e. The lowest BCUT2D eigenvalue weighted by Crippen LogP contribution is -2.13. The molecule has 0 aliphatic carbocycles. The van der Waals surface area contributed by atoms with E-state index < -0.39 is 17.6 Å². The van der Waals surface area contributed by atoms with Crippen LogP contribution in [0.5, 0.6) is 0 Å². The van der Waals surface area contributed by atoms with Crippen LogP contribution in [-0.4, -0.2) is 18.4 Å². The molecule has 1 rings (SSSR count). The highest BCUT2D eigenvalue weighted by Gasteiger charge is 2.15. The molecule has 0 aromatic heterocycles. The number of hydrogen-bond donors (Lipinski definition) is 0. The van der Waals surface area contributed by atoms with Crippen molar-refractivity contribution in [2.24, 2.45) is 0 Å². The van der Waals surface area contributed by atoms with Crippen LogP contribution in [0.4, 0.5) is 4.39 Å². The van der Waals surface area contributed by atoms with Crippen LogP contribution < -0.4 is 0 Å². The number of ether oxygens (including phenoxy) is 1. The van der Waals surface area contributed by atoms with E-state index >= 15 is 0 Å². The first-order chi connectivity index (χ1) is 8.04. The zero-order chi connectivity index (χ0) is 12.8. The van der Waals surface area contributed by atoms with E-state index in [1.54, 1.807) is 13.0 Å². The molecule has 0 fully saturated rings. The van der Waals surface area contributed by atoms with E-state index in [-0.39, 0.29) is 12.2 Å². The van der Waals surface area contributed by atoms with Gasteiger partial charge in [0, 0.05) is 0 Å². The van der Waals surface area contributed by atoms with Crippen LogP contribution in [0.1, 0.15) is 19.4 Å². The van der Waals surface area contributed by atoms with Crippen LogP contribution in [0.15, 0.2) is 29.8 Å². The molecule has 1 aromatic rings. The van der Waals surface area contributed by atoms with E-state index in [1.165, 1.54) is 31.2 Å². The number of rotatable bonds is 4. The number of carbonyl (C=O) groups is 2. The molecule has 0 N–H and O–H groups in total. The van der Waals surface area contributed by atoms with Gasteiger partial charge in [0.2, 0.25) is 0 Å². The topological polar surface area (TPSA) is 43.4 Å². The molecule has 0 spiro atoms. The Morgan fingerprint density at radius 3 is 2.65 bits per heavy atom. The summed E-state index contributed by atoms with van der Waals surface area (Å²) in [5, 5.41) is 0. The van der Waals surface area contributed by atoms with Crippen molar-refractivity contribution in [1.82, 2.24) is 0 Å². The Balaban J connectivity index is 3.06. The van der Waals surface area contributed by atoms with Crippen LogP contribution >= 0.6 is 0 Å². The summed E-state index contributed by atoms with van der Waals surface area (Å²) in [6, 6.07) is 5.63. The first-order valence-corrected chi connectivity index (χ1v) is 5.20. The van der Waals surface area contributed by atoms with Crippen molar-refractivity contribution in [3.63, 3.8) is 0 Å². The molecule has 3 nitrogen and oxygen atoms in total. The van der Waals surface area contributed by atoms with Crippen molar-refractivity contribution >= 4 is 17.8 Å². The van der Waals surface area contributed by atoms with Gasteiger partial charge in [-0.05, 0) is 37.6 Å². The molecule has 0 amide bonds. The van der Waals surface area contributed by atoms with Crippen LogP contribution in [0.2, 0.25) is 0 Å². The number of carbonyl (C=O) groups excluding carboxylic acids is 2. The van der Waals surface area contributed by atoms with Crippen LogP contribution in [-0.2, 0) is 14.3 Å². The normalized spacial score (nSPS) is 11.1. The van der Waals surface area contributed by atoms with Crippen LogP contribution in [0.25, 0.3) is 6.08 Å².